The molecule has 0 bridgehead atoms. The van der Waals surface area contributed by atoms with Crippen LogP contribution in [0.3, 0.4) is 0 Å². The van der Waals surface area contributed by atoms with Crippen LogP contribution >= 0.6 is 0 Å². The van der Waals surface area contributed by atoms with Gasteiger partial charge in [-0.3, -0.25) is 0 Å². The molecule has 2 saturated carbocycles. The summed E-state index contributed by atoms with van der Waals surface area (Å²) in [7, 11) is 0. The van der Waals surface area contributed by atoms with E-state index in [1.54, 1.807) is 6.07 Å². The van der Waals surface area contributed by atoms with E-state index in [1.165, 1.54) is 6.07 Å². The number of alkyl halides is 3. The fourth-order valence-electron chi connectivity index (χ4n) is 5.51. The Bertz CT molecular complexity index is 921. The van der Waals surface area contributed by atoms with Gasteiger partial charge in [-0.15, -0.1) is 0 Å². The first kappa shape index (κ1) is 20.9. The monoisotopic (exact) mass is 434 g/mol. The van der Waals surface area contributed by atoms with Crippen LogP contribution in [0.25, 0.3) is 11.4 Å². The molecule has 168 valence electrons. The Hall–Kier alpha value is -1.93. The van der Waals surface area contributed by atoms with Crippen molar-refractivity contribution in [3.8, 4) is 11.4 Å². The van der Waals surface area contributed by atoms with Crippen molar-refractivity contribution in [1.29, 1.82) is 0 Å². The number of halogens is 3. The maximum atomic E-state index is 13.1. The lowest BCUT2D eigenvalue weighted by Gasteiger charge is -2.24. The molecule has 0 spiro atoms. The number of hydrogen-bond acceptors (Lipinski definition) is 4. The van der Waals surface area contributed by atoms with Crippen LogP contribution in [0.2, 0.25) is 0 Å². The first-order chi connectivity index (χ1) is 14.8. The summed E-state index contributed by atoms with van der Waals surface area (Å²) in [4.78, 5) is 4.76. The zero-order chi connectivity index (χ0) is 21.8. The summed E-state index contributed by atoms with van der Waals surface area (Å²) in [6.07, 6.45) is -0.762. The molecule has 2 aromatic rings. The largest absolute Gasteiger partial charge is 0.416 e. The molecule has 1 aromatic heterocycles. The van der Waals surface area contributed by atoms with Crippen LogP contribution in [0.1, 0.15) is 56.5 Å². The van der Waals surface area contributed by atoms with Gasteiger partial charge in [-0.2, -0.15) is 18.3 Å². The third kappa shape index (κ3) is 4.00. The van der Waals surface area contributed by atoms with Crippen molar-refractivity contribution in [2.24, 2.45) is 17.8 Å². The van der Waals surface area contributed by atoms with Gasteiger partial charge < -0.3 is 10.1 Å². The van der Waals surface area contributed by atoms with Crippen molar-refractivity contribution in [3.63, 3.8) is 0 Å². The molecular weight excluding hydrogens is 405 g/mol. The van der Waals surface area contributed by atoms with Crippen LogP contribution in [-0.2, 0) is 10.9 Å². The van der Waals surface area contributed by atoms with Crippen LogP contribution in [0.15, 0.2) is 24.3 Å². The van der Waals surface area contributed by atoms with Crippen LogP contribution in [0.5, 0.6) is 0 Å². The Kier molecular flexibility index (Phi) is 5.33. The fourth-order valence-corrected chi connectivity index (χ4v) is 5.51. The lowest BCUT2D eigenvalue weighted by Crippen LogP contribution is -2.32. The van der Waals surface area contributed by atoms with E-state index in [4.69, 9.17) is 9.72 Å². The quantitative estimate of drug-likeness (QED) is 0.760. The van der Waals surface area contributed by atoms with Gasteiger partial charge >= 0.3 is 6.18 Å². The zero-order valence-corrected chi connectivity index (χ0v) is 17.9. The summed E-state index contributed by atoms with van der Waals surface area (Å²) in [5.74, 6) is 3.39. The summed E-state index contributed by atoms with van der Waals surface area (Å²) in [6, 6.07) is 5.40. The molecule has 1 saturated heterocycles. The van der Waals surface area contributed by atoms with E-state index in [9.17, 15) is 13.2 Å². The average Bonchev–Trinajstić information content (AvgIpc) is 3.07. The molecule has 1 N–H and O–H groups in total. The number of aromatic nitrogens is 3. The standard InChI is InChI=1S/C23H29F3N4O/c1-13(2)30-22(28-21(29-30)14-5-3-6-16(9-14)23(24,25)26)20-17-10-15(11-18(17)20)19-12-27-7-4-8-31-19/h3,5-6,9,13,15,17-20,27H,4,7-8,10-12H2,1-2H3/t15?,17-,18+,19?,20?. The maximum absolute atomic E-state index is 13.1. The first-order valence-electron chi connectivity index (χ1n) is 11.3. The SMILES string of the molecule is CC(C)n1nc(-c2cccc(C(F)(F)F)c2)nc1C1[C@H]2CC(C3CNCCCO3)C[C@@H]12. The normalized spacial score (nSPS) is 31.0. The van der Waals surface area contributed by atoms with E-state index in [1.807, 2.05) is 18.5 Å². The average molecular weight is 435 g/mol. The maximum Gasteiger partial charge on any atom is 0.416 e. The third-order valence-corrected chi connectivity index (χ3v) is 7.08. The summed E-state index contributed by atoms with van der Waals surface area (Å²) >= 11 is 0. The number of benzene rings is 1. The topological polar surface area (TPSA) is 52.0 Å². The van der Waals surface area contributed by atoms with Crippen LogP contribution in [-0.4, -0.2) is 40.6 Å². The minimum absolute atomic E-state index is 0.105. The first-order valence-corrected chi connectivity index (χ1v) is 11.3. The number of nitrogens with zero attached hydrogens (tertiary/aromatic N) is 3. The predicted octanol–water partition coefficient (Wildman–Crippen LogP) is 4.66. The van der Waals surface area contributed by atoms with E-state index >= 15 is 0 Å². The van der Waals surface area contributed by atoms with E-state index < -0.39 is 11.7 Å². The van der Waals surface area contributed by atoms with E-state index in [2.05, 4.69) is 10.4 Å². The molecule has 1 aliphatic heterocycles. The van der Waals surface area contributed by atoms with Gasteiger partial charge in [-0.1, -0.05) is 12.1 Å². The van der Waals surface area contributed by atoms with Gasteiger partial charge in [0.15, 0.2) is 5.82 Å². The van der Waals surface area contributed by atoms with Gasteiger partial charge in [-0.05, 0) is 69.5 Å². The second-order valence-corrected chi connectivity index (χ2v) is 9.46. The molecule has 8 heteroatoms. The van der Waals surface area contributed by atoms with E-state index in [0.717, 1.165) is 56.9 Å². The highest BCUT2D eigenvalue weighted by molar-refractivity contribution is 5.56. The Balaban J connectivity index is 1.35. The molecular formula is C23H29F3N4O. The highest BCUT2D eigenvalue weighted by Crippen LogP contribution is 2.65. The Labute approximate surface area is 180 Å². The van der Waals surface area contributed by atoms with Crippen LogP contribution in [0.4, 0.5) is 13.2 Å². The van der Waals surface area contributed by atoms with Crippen molar-refractivity contribution >= 4 is 0 Å². The number of fused-ring (bicyclic) bond motifs is 1. The van der Waals surface area contributed by atoms with Crippen molar-refractivity contribution in [3.05, 3.63) is 35.7 Å². The highest BCUT2D eigenvalue weighted by atomic mass is 19.4. The van der Waals surface area contributed by atoms with Gasteiger partial charge in [0.25, 0.3) is 0 Å². The summed E-state index contributed by atoms with van der Waals surface area (Å²) in [5.41, 5.74) is -0.257. The number of ether oxygens (including phenoxy) is 1. The number of nitrogens with one attached hydrogen (secondary N) is 1. The molecule has 5 nitrogen and oxygen atoms in total. The predicted molar refractivity (Wildman–Crippen MR) is 111 cm³/mol. The van der Waals surface area contributed by atoms with Gasteiger partial charge in [0.05, 0.1) is 11.7 Å². The summed E-state index contributed by atoms with van der Waals surface area (Å²) < 4.78 is 47.4. The van der Waals surface area contributed by atoms with Gasteiger partial charge in [-0.25, -0.2) is 9.67 Å². The van der Waals surface area contributed by atoms with E-state index in [0.29, 0.717) is 41.2 Å². The molecule has 1 aromatic carbocycles. The second-order valence-electron chi connectivity index (χ2n) is 9.46. The molecule has 0 amide bonds. The fraction of sp³-hybridized carbons (Fsp3) is 0.652. The smallest absolute Gasteiger partial charge is 0.377 e. The van der Waals surface area contributed by atoms with Gasteiger partial charge in [0.1, 0.15) is 5.82 Å². The summed E-state index contributed by atoms with van der Waals surface area (Å²) in [6.45, 7) is 6.86. The lowest BCUT2D eigenvalue weighted by atomic mass is 9.93. The molecule has 2 heterocycles. The number of rotatable bonds is 4. The Morgan fingerprint density at radius 2 is 1.97 bits per heavy atom. The molecule has 5 rings (SSSR count). The molecule has 2 aliphatic carbocycles. The van der Waals surface area contributed by atoms with Crippen molar-refractivity contribution in [1.82, 2.24) is 20.1 Å². The number of hydrogen-bond donors (Lipinski definition) is 1. The van der Waals surface area contributed by atoms with Crippen molar-refractivity contribution in [2.45, 2.75) is 57.3 Å². The third-order valence-electron chi connectivity index (χ3n) is 7.08. The van der Waals surface area contributed by atoms with Gasteiger partial charge in [0, 0.05) is 30.7 Å². The minimum atomic E-state index is -4.38. The second kappa shape index (κ2) is 7.89. The van der Waals surface area contributed by atoms with E-state index in [-0.39, 0.29) is 6.04 Å². The molecule has 3 unspecified atom stereocenters. The van der Waals surface area contributed by atoms with Gasteiger partial charge in [0.2, 0.25) is 0 Å². The summed E-state index contributed by atoms with van der Waals surface area (Å²) in [5, 5.41) is 8.09. The molecule has 3 fully saturated rings. The minimum Gasteiger partial charge on any atom is -0.377 e. The molecule has 5 atom stereocenters. The van der Waals surface area contributed by atoms with Crippen LogP contribution < -0.4 is 5.32 Å². The molecule has 0 radical (unpaired) electrons. The lowest BCUT2D eigenvalue weighted by molar-refractivity contribution is -0.137. The van der Waals surface area contributed by atoms with Crippen molar-refractivity contribution < 1.29 is 17.9 Å². The zero-order valence-electron chi connectivity index (χ0n) is 17.9. The molecule has 31 heavy (non-hydrogen) atoms. The molecule has 3 aliphatic rings. The Morgan fingerprint density at radius 1 is 1.19 bits per heavy atom. The van der Waals surface area contributed by atoms with Crippen molar-refractivity contribution in [2.75, 3.05) is 19.7 Å². The van der Waals surface area contributed by atoms with Crippen LogP contribution in [0, 0.1) is 17.8 Å². The highest BCUT2D eigenvalue weighted by Gasteiger charge is 2.59. The Morgan fingerprint density at radius 3 is 2.68 bits per heavy atom.